The number of carbonyl (C=O) groups is 2. The van der Waals surface area contributed by atoms with Gasteiger partial charge in [-0.1, -0.05) is 19.1 Å². The number of benzene rings is 1. The Labute approximate surface area is 146 Å². The molecule has 0 bridgehead atoms. The van der Waals surface area contributed by atoms with Crippen molar-refractivity contribution in [3.63, 3.8) is 0 Å². The first-order chi connectivity index (χ1) is 11.7. The van der Waals surface area contributed by atoms with Gasteiger partial charge in [-0.3, -0.25) is 4.79 Å². The monoisotopic (exact) mass is 357 g/mol. The van der Waals surface area contributed by atoms with E-state index in [9.17, 15) is 18.4 Å². The Bertz CT molecular complexity index is 577. The first-order valence-electron chi connectivity index (χ1n) is 8.07. The van der Waals surface area contributed by atoms with Gasteiger partial charge in [0, 0.05) is 6.54 Å². The van der Waals surface area contributed by atoms with E-state index in [0.717, 1.165) is 12.0 Å². The second kappa shape index (κ2) is 9.19. The molecule has 0 saturated carbocycles. The highest BCUT2D eigenvalue weighted by Gasteiger charge is 2.30. The van der Waals surface area contributed by atoms with Gasteiger partial charge in [0.25, 0.3) is 0 Å². The fourth-order valence-electron chi connectivity index (χ4n) is 2.02. The molecule has 0 aliphatic carbocycles. The number of carbonyl (C=O) groups excluding carboxylic acids is 2. The molecule has 140 valence electrons. The Morgan fingerprint density at radius 2 is 1.80 bits per heavy atom. The van der Waals surface area contributed by atoms with E-state index in [1.807, 2.05) is 6.92 Å². The second-order valence-electron chi connectivity index (χ2n) is 6.15. The summed E-state index contributed by atoms with van der Waals surface area (Å²) < 4.78 is 28.6. The van der Waals surface area contributed by atoms with E-state index < -0.39 is 18.2 Å². The van der Waals surface area contributed by atoms with Gasteiger partial charge in [-0.05, 0) is 44.9 Å². The van der Waals surface area contributed by atoms with Gasteiger partial charge >= 0.3 is 12.6 Å². The molecule has 1 atom stereocenters. The van der Waals surface area contributed by atoms with Gasteiger partial charge in [-0.15, -0.1) is 0 Å². The van der Waals surface area contributed by atoms with Crippen molar-refractivity contribution in [3.05, 3.63) is 29.8 Å². The van der Waals surface area contributed by atoms with Crippen LogP contribution in [0.25, 0.3) is 0 Å². The van der Waals surface area contributed by atoms with Crippen LogP contribution in [-0.2, 0) is 4.79 Å². The van der Waals surface area contributed by atoms with Crippen molar-refractivity contribution in [1.82, 2.24) is 16.0 Å². The molecule has 0 saturated heterocycles. The molecule has 0 unspecified atom stereocenters. The molecular weight excluding hydrogens is 332 g/mol. The first kappa shape index (κ1) is 20.7. The van der Waals surface area contributed by atoms with Crippen molar-refractivity contribution in [2.75, 3.05) is 6.54 Å². The molecule has 3 amide bonds. The van der Waals surface area contributed by atoms with E-state index >= 15 is 0 Å². The smallest absolute Gasteiger partial charge is 0.387 e. The lowest BCUT2D eigenvalue weighted by molar-refractivity contribution is -0.126. The van der Waals surface area contributed by atoms with Crippen LogP contribution in [0.5, 0.6) is 5.75 Å². The standard InChI is InChI=1S/C17H25F2N3O3/c1-5-10-20-16(24)22-17(3,4)14(23)21-11(2)12-6-8-13(9-7-12)25-15(18)19/h6-9,11,15H,5,10H2,1-4H3,(H,21,23)(H2,20,22,24)/t11-/m0/s1. The lowest BCUT2D eigenvalue weighted by Gasteiger charge is -2.27. The number of ether oxygens (including phenoxy) is 1. The largest absolute Gasteiger partial charge is 0.435 e. The Kier molecular flexibility index (Phi) is 7.60. The van der Waals surface area contributed by atoms with Gasteiger partial charge in [-0.25, -0.2) is 4.79 Å². The van der Waals surface area contributed by atoms with Gasteiger partial charge in [0.15, 0.2) is 0 Å². The van der Waals surface area contributed by atoms with Crippen LogP contribution in [0.3, 0.4) is 0 Å². The molecule has 0 radical (unpaired) electrons. The van der Waals surface area contributed by atoms with E-state index in [-0.39, 0.29) is 17.7 Å². The summed E-state index contributed by atoms with van der Waals surface area (Å²) in [5.74, 6) is -0.313. The summed E-state index contributed by atoms with van der Waals surface area (Å²) in [6.45, 7) is 4.52. The highest BCUT2D eigenvalue weighted by molar-refractivity contribution is 5.90. The quantitative estimate of drug-likeness (QED) is 0.669. The molecule has 0 heterocycles. The molecule has 1 aromatic carbocycles. The van der Waals surface area contributed by atoms with Crippen LogP contribution in [0.1, 0.15) is 45.7 Å². The van der Waals surface area contributed by atoms with Gasteiger partial charge in [0.2, 0.25) is 5.91 Å². The molecule has 8 heteroatoms. The third-order valence-corrected chi connectivity index (χ3v) is 3.48. The first-order valence-corrected chi connectivity index (χ1v) is 8.07. The molecule has 1 aromatic rings. The normalized spacial score (nSPS) is 12.4. The highest BCUT2D eigenvalue weighted by Crippen LogP contribution is 2.19. The van der Waals surface area contributed by atoms with Crippen LogP contribution < -0.4 is 20.7 Å². The van der Waals surface area contributed by atoms with E-state index in [0.29, 0.717) is 6.54 Å². The maximum Gasteiger partial charge on any atom is 0.387 e. The Balaban J connectivity index is 2.63. The molecule has 0 aliphatic heterocycles. The summed E-state index contributed by atoms with van der Waals surface area (Å²) in [7, 11) is 0. The third-order valence-electron chi connectivity index (χ3n) is 3.48. The molecule has 3 N–H and O–H groups in total. The number of alkyl halides is 2. The number of rotatable bonds is 8. The molecular formula is C17H25F2N3O3. The zero-order valence-electron chi connectivity index (χ0n) is 14.9. The Morgan fingerprint density at radius 3 is 2.32 bits per heavy atom. The Morgan fingerprint density at radius 1 is 1.20 bits per heavy atom. The van der Waals surface area contributed by atoms with Crippen LogP contribution in [-0.4, -0.2) is 30.6 Å². The van der Waals surface area contributed by atoms with Crippen LogP contribution in [0.15, 0.2) is 24.3 Å². The minimum Gasteiger partial charge on any atom is -0.435 e. The SMILES string of the molecule is CCCNC(=O)NC(C)(C)C(=O)N[C@@H](C)c1ccc(OC(F)F)cc1. The number of nitrogens with one attached hydrogen (secondary N) is 3. The number of hydrogen-bond acceptors (Lipinski definition) is 3. The number of urea groups is 1. The van der Waals surface area contributed by atoms with Crippen molar-refractivity contribution in [2.24, 2.45) is 0 Å². The average Bonchev–Trinajstić information content (AvgIpc) is 2.52. The van der Waals surface area contributed by atoms with E-state index in [1.54, 1.807) is 32.9 Å². The molecule has 6 nitrogen and oxygen atoms in total. The van der Waals surface area contributed by atoms with Crippen molar-refractivity contribution in [3.8, 4) is 5.75 Å². The predicted octanol–water partition coefficient (Wildman–Crippen LogP) is 2.95. The van der Waals surface area contributed by atoms with Crippen molar-refractivity contribution in [1.29, 1.82) is 0 Å². The molecule has 0 spiro atoms. The topological polar surface area (TPSA) is 79.5 Å². The van der Waals surface area contributed by atoms with Crippen LogP contribution in [0.4, 0.5) is 13.6 Å². The summed E-state index contributed by atoms with van der Waals surface area (Å²) >= 11 is 0. The summed E-state index contributed by atoms with van der Waals surface area (Å²) in [5.41, 5.74) is -0.383. The zero-order chi connectivity index (χ0) is 19.0. The van der Waals surface area contributed by atoms with Crippen LogP contribution in [0, 0.1) is 0 Å². The summed E-state index contributed by atoms with van der Waals surface area (Å²) in [6.07, 6.45) is 0.794. The van der Waals surface area contributed by atoms with Crippen LogP contribution >= 0.6 is 0 Å². The number of amides is 3. The van der Waals surface area contributed by atoms with Crippen molar-refractivity contribution < 1.29 is 23.1 Å². The van der Waals surface area contributed by atoms with E-state index in [1.165, 1.54) is 12.1 Å². The minimum absolute atomic E-state index is 0.0480. The maximum atomic E-state index is 12.4. The summed E-state index contributed by atoms with van der Waals surface area (Å²) in [5, 5.41) is 8.05. The molecule has 0 aliphatic rings. The Hall–Kier alpha value is -2.38. The van der Waals surface area contributed by atoms with Gasteiger partial charge in [0.1, 0.15) is 11.3 Å². The highest BCUT2D eigenvalue weighted by atomic mass is 19.3. The lowest BCUT2D eigenvalue weighted by Crippen LogP contribution is -2.57. The minimum atomic E-state index is -2.88. The summed E-state index contributed by atoms with van der Waals surface area (Å²) in [6, 6.07) is 5.22. The van der Waals surface area contributed by atoms with Gasteiger partial charge in [-0.2, -0.15) is 8.78 Å². The second-order valence-corrected chi connectivity index (χ2v) is 6.15. The number of halogens is 2. The molecule has 0 fully saturated rings. The predicted molar refractivity (Wildman–Crippen MR) is 90.5 cm³/mol. The summed E-state index contributed by atoms with van der Waals surface area (Å²) in [4.78, 5) is 24.1. The fraction of sp³-hybridized carbons (Fsp3) is 0.529. The van der Waals surface area contributed by atoms with E-state index in [4.69, 9.17) is 0 Å². The fourth-order valence-corrected chi connectivity index (χ4v) is 2.02. The van der Waals surface area contributed by atoms with Crippen molar-refractivity contribution >= 4 is 11.9 Å². The molecule has 25 heavy (non-hydrogen) atoms. The van der Waals surface area contributed by atoms with Gasteiger partial charge in [0.05, 0.1) is 6.04 Å². The van der Waals surface area contributed by atoms with E-state index in [2.05, 4.69) is 20.7 Å². The maximum absolute atomic E-state index is 12.4. The molecule has 1 rings (SSSR count). The average molecular weight is 357 g/mol. The third kappa shape index (κ3) is 6.94. The van der Waals surface area contributed by atoms with Gasteiger partial charge < -0.3 is 20.7 Å². The zero-order valence-corrected chi connectivity index (χ0v) is 14.9. The van der Waals surface area contributed by atoms with Crippen molar-refractivity contribution in [2.45, 2.75) is 52.3 Å². The van der Waals surface area contributed by atoms with Crippen LogP contribution in [0.2, 0.25) is 0 Å². The molecule has 0 aromatic heterocycles. The lowest BCUT2D eigenvalue weighted by atomic mass is 10.0. The number of hydrogen-bond donors (Lipinski definition) is 3.